The van der Waals surface area contributed by atoms with E-state index >= 15 is 0 Å². The largest absolute Gasteiger partial charge is 0.451 e. The summed E-state index contributed by atoms with van der Waals surface area (Å²) in [6, 6.07) is 12.3. The molecule has 1 amide bonds. The first-order valence-electron chi connectivity index (χ1n) is 9.22. The third kappa shape index (κ3) is 4.96. The van der Waals surface area contributed by atoms with Crippen molar-refractivity contribution in [1.29, 1.82) is 0 Å². The Balaban J connectivity index is 1.97. The molecule has 2 aromatic carbocycles. The summed E-state index contributed by atoms with van der Waals surface area (Å²) in [5.74, 6) is -1.16. The van der Waals surface area contributed by atoms with Crippen LogP contribution in [0.5, 0.6) is 5.75 Å². The highest BCUT2D eigenvalue weighted by atomic mass is 32.2. The molecule has 0 aliphatic rings. The molecule has 1 heterocycles. The van der Waals surface area contributed by atoms with E-state index in [4.69, 9.17) is 4.42 Å². The number of para-hydroxylation sites is 2. The number of alkyl halides is 2. The number of carbonyl (C=O) groups excluding carboxylic acids is 1. The van der Waals surface area contributed by atoms with Crippen LogP contribution in [0.25, 0.3) is 11.0 Å². The van der Waals surface area contributed by atoms with Crippen molar-refractivity contribution in [3.8, 4) is 5.75 Å². The Bertz CT molecular complexity index is 1160. The predicted octanol–water partition coefficient (Wildman–Crippen LogP) is 4.46. The second kappa shape index (κ2) is 8.83. The molecule has 0 spiro atoms. The van der Waals surface area contributed by atoms with Crippen LogP contribution in [0.15, 0.2) is 52.9 Å². The standard InChI is InChI=1S/C21H21F2NO5S/c1-3-16(14-9-5-7-11-18(14)29-21(22)23)24-20(25)19-15(12-30(2,26)27)13-8-4-6-10-17(13)28-19/h4-11,16,21H,3,12H2,1-2H3,(H,24,25). The predicted molar refractivity (Wildman–Crippen MR) is 108 cm³/mol. The second-order valence-electron chi connectivity index (χ2n) is 6.83. The van der Waals surface area contributed by atoms with Crippen molar-refractivity contribution in [2.75, 3.05) is 6.26 Å². The topological polar surface area (TPSA) is 85.6 Å². The van der Waals surface area contributed by atoms with Crippen LogP contribution in [0.3, 0.4) is 0 Å². The van der Waals surface area contributed by atoms with Crippen molar-refractivity contribution in [2.45, 2.75) is 31.8 Å². The lowest BCUT2D eigenvalue weighted by Gasteiger charge is -2.20. The summed E-state index contributed by atoms with van der Waals surface area (Å²) in [6.07, 6.45) is 1.46. The van der Waals surface area contributed by atoms with E-state index in [-0.39, 0.29) is 22.8 Å². The summed E-state index contributed by atoms with van der Waals surface area (Å²) in [5.41, 5.74) is 1.03. The third-order valence-electron chi connectivity index (χ3n) is 4.54. The van der Waals surface area contributed by atoms with Crippen LogP contribution in [-0.4, -0.2) is 27.2 Å². The SMILES string of the molecule is CCC(NC(=O)c1oc2ccccc2c1CS(C)(=O)=O)c1ccccc1OC(F)F. The van der Waals surface area contributed by atoms with Crippen molar-refractivity contribution < 1.29 is 31.1 Å². The van der Waals surface area contributed by atoms with Gasteiger partial charge in [0.1, 0.15) is 11.3 Å². The van der Waals surface area contributed by atoms with Gasteiger partial charge in [-0.3, -0.25) is 4.79 Å². The number of benzene rings is 2. The van der Waals surface area contributed by atoms with Gasteiger partial charge in [0.05, 0.1) is 11.8 Å². The summed E-state index contributed by atoms with van der Waals surface area (Å²) in [4.78, 5) is 13.0. The summed E-state index contributed by atoms with van der Waals surface area (Å²) in [5, 5.41) is 3.28. The highest BCUT2D eigenvalue weighted by molar-refractivity contribution is 7.89. The molecule has 0 aliphatic carbocycles. The van der Waals surface area contributed by atoms with Gasteiger partial charge >= 0.3 is 6.61 Å². The minimum Gasteiger partial charge on any atom is -0.451 e. The van der Waals surface area contributed by atoms with Crippen LogP contribution in [0, 0.1) is 0 Å². The van der Waals surface area contributed by atoms with Gasteiger partial charge in [-0.15, -0.1) is 0 Å². The van der Waals surface area contributed by atoms with Crippen molar-refractivity contribution in [3.05, 3.63) is 65.4 Å². The van der Waals surface area contributed by atoms with Gasteiger partial charge in [0.25, 0.3) is 5.91 Å². The van der Waals surface area contributed by atoms with E-state index in [1.165, 1.54) is 6.07 Å². The molecule has 3 aromatic rings. The van der Waals surface area contributed by atoms with Gasteiger partial charge in [0.15, 0.2) is 15.6 Å². The van der Waals surface area contributed by atoms with E-state index < -0.39 is 28.4 Å². The number of hydrogen-bond acceptors (Lipinski definition) is 5. The van der Waals surface area contributed by atoms with Crippen LogP contribution in [0.1, 0.15) is 41.1 Å². The minimum atomic E-state index is -3.44. The molecule has 0 bridgehead atoms. The van der Waals surface area contributed by atoms with Gasteiger partial charge < -0.3 is 14.5 Å². The molecule has 1 N–H and O–H groups in total. The lowest BCUT2D eigenvalue weighted by Crippen LogP contribution is -2.29. The van der Waals surface area contributed by atoms with Gasteiger partial charge in [0, 0.05) is 22.8 Å². The Morgan fingerprint density at radius 3 is 2.47 bits per heavy atom. The Morgan fingerprint density at radius 1 is 1.13 bits per heavy atom. The van der Waals surface area contributed by atoms with Gasteiger partial charge in [-0.05, 0) is 18.6 Å². The summed E-state index contributed by atoms with van der Waals surface area (Å²) >= 11 is 0. The molecule has 1 aromatic heterocycles. The zero-order valence-corrected chi connectivity index (χ0v) is 17.2. The first kappa shape index (κ1) is 21.8. The maximum absolute atomic E-state index is 13.0. The normalized spacial score (nSPS) is 12.8. The molecular weight excluding hydrogens is 416 g/mol. The van der Waals surface area contributed by atoms with E-state index in [0.29, 0.717) is 23.0 Å². The highest BCUT2D eigenvalue weighted by Gasteiger charge is 2.26. The van der Waals surface area contributed by atoms with Gasteiger partial charge in [0.2, 0.25) is 0 Å². The average Bonchev–Trinajstić information content (AvgIpc) is 3.03. The number of fused-ring (bicyclic) bond motifs is 1. The number of carbonyl (C=O) groups is 1. The van der Waals surface area contributed by atoms with Crippen molar-refractivity contribution in [3.63, 3.8) is 0 Å². The number of rotatable bonds is 8. The van der Waals surface area contributed by atoms with Crippen LogP contribution in [0.4, 0.5) is 8.78 Å². The van der Waals surface area contributed by atoms with E-state index in [2.05, 4.69) is 10.1 Å². The average molecular weight is 437 g/mol. The smallest absolute Gasteiger partial charge is 0.387 e. The van der Waals surface area contributed by atoms with Crippen LogP contribution in [-0.2, 0) is 15.6 Å². The first-order valence-corrected chi connectivity index (χ1v) is 11.3. The number of hydrogen-bond donors (Lipinski definition) is 1. The molecule has 0 saturated carbocycles. The molecule has 0 aliphatic heterocycles. The highest BCUT2D eigenvalue weighted by Crippen LogP contribution is 2.31. The maximum atomic E-state index is 13.0. The summed E-state index contributed by atoms with van der Waals surface area (Å²) in [6.45, 7) is -1.23. The maximum Gasteiger partial charge on any atom is 0.387 e. The quantitative estimate of drug-likeness (QED) is 0.562. The number of sulfone groups is 1. The van der Waals surface area contributed by atoms with Gasteiger partial charge in [-0.2, -0.15) is 8.78 Å². The molecule has 0 fully saturated rings. The lowest BCUT2D eigenvalue weighted by molar-refractivity contribution is -0.0507. The molecular formula is C21H21F2NO5S. The second-order valence-corrected chi connectivity index (χ2v) is 8.97. The Labute approximate surface area is 172 Å². The fraction of sp³-hybridized carbons (Fsp3) is 0.286. The van der Waals surface area contributed by atoms with Crippen LogP contribution < -0.4 is 10.1 Å². The number of furan rings is 1. The molecule has 0 radical (unpaired) electrons. The number of nitrogens with one attached hydrogen (secondary N) is 1. The molecule has 0 saturated heterocycles. The Kier molecular flexibility index (Phi) is 6.40. The Hall–Kier alpha value is -2.94. The molecule has 160 valence electrons. The fourth-order valence-electron chi connectivity index (χ4n) is 3.28. The summed E-state index contributed by atoms with van der Waals surface area (Å²) < 4.78 is 59.5. The van der Waals surface area contributed by atoms with Gasteiger partial charge in [-0.25, -0.2) is 8.42 Å². The van der Waals surface area contributed by atoms with Crippen molar-refractivity contribution >= 4 is 26.7 Å². The molecule has 9 heteroatoms. The lowest BCUT2D eigenvalue weighted by atomic mass is 10.0. The molecule has 6 nitrogen and oxygen atoms in total. The fourth-order valence-corrected chi connectivity index (χ4v) is 4.09. The number of amides is 1. The summed E-state index contributed by atoms with van der Waals surface area (Å²) in [7, 11) is -3.44. The Morgan fingerprint density at radius 2 is 1.80 bits per heavy atom. The van der Waals surface area contributed by atoms with Crippen LogP contribution >= 0.6 is 0 Å². The van der Waals surface area contributed by atoms with E-state index in [9.17, 15) is 22.0 Å². The number of halogens is 2. The molecule has 3 rings (SSSR count). The van der Waals surface area contributed by atoms with E-state index in [1.54, 1.807) is 49.4 Å². The first-order chi connectivity index (χ1) is 14.2. The van der Waals surface area contributed by atoms with Crippen molar-refractivity contribution in [1.82, 2.24) is 5.32 Å². The van der Waals surface area contributed by atoms with Gasteiger partial charge in [-0.1, -0.05) is 43.3 Å². The number of ether oxygens (including phenoxy) is 1. The molecule has 30 heavy (non-hydrogen) atoms. The molecule has 1 atom stereocenters. The van der Waals surface area contributed by atoms with E-state index in [1.807, 2.05) is 0 Å². The van der Waals surface area contributed by atoms with Crippen molar-refractivity contribution in [2.24, 2.45) is 0 Å². The minimum absolute atomic E-state index is 0.0411. The third-order valence-corrected chi connectivity index (χ3v) is 5.35. The van der Waals surface area contributed by atoms with Crippen LogP contribution in [0.2, 0.25) is 0 Å². The monoisotopic (exact) mass is 437 g/mol. The zero-order valence-electron chi connectivity index (χ0n) is 16.4. The van der Waals surface area contributed by atoms with E-state index in [0.717, 1.165) is 6.26 Å². The zero-order chi connectivity index (χ0) is 21.9. The molecule has 1 unspecified atom stereocenters.